The van der Waals surface area contributed by atoms with Gasteiger partial charge in [0.2, 0.25) is 11.6 Å². The van der Waals surface area contributed by atoms with Gasteiger partial charge in [-0.15, -0.1) is 0 Å². The molecule has 7 rings (SSSR count). The van der Waals surface area contributed by atoms with Gasteiger partial charge < -0.3 is 37.7 Å². The quantitative estimate of drug-likeness (QED) is 0.0575. The fraction of sp³-hybridized carbons (Fsp3) is 0.509. The smallest absolute Gasteiger partial charge is 0.507 e. The Kier molecular flexibility index (Phi) is 13.3. The van der Waals surface area contributed by atoms with Crippen LogP contribution < -0.4 is 14.4 Å². The van der Waals surface area contributed by atoms with Crippen LogP contribution in [0.4, 0.5) is 20.1 Å². The lowest BCUT2D eigenvalue weighted by atomic mass is 9.57. The Balaban J connectivity index is 1.49. The van der Waals surface area contributed by atoms with Gasteiger partial charge in [0, 0.05) is 22.3 Å². The van der Waals surface area contributed by atoms with E-state index in [1.807, 2.05) is 83.2 Å². The lowest BCUT2D eigenvalue weighted by molar-refractivity contribution is -0.140. The van der Waals surface area contributed by atoms with Crippen molar-refractivity contribution in [1.29, 1.82) is 0 Å². The number of rotatable bonds is 8. The molecule has 2 amide bonds. The third kappa shape index (κ3) is 9.71. The summed E-state index contributed by atoms with van der Waals surface area (Å²) in [6.07, 6.45) is -2.97. The summed E-state index contributed by atoms with van der Waals surface area (Å²) in [5.74, 6) is -3.63. The predicted molar refractivity (Wildman–Crippen MR) is 265 cm³/mol. The molecule has 17 heteroatoms. The fourth-order valence-electron chi connectivity index (χ4n) is 9.25. The van der Waals surface area contributed by atoms with E-state index in [0.29, 0.717) is 5.56 Å². The van der Waals surface area contributed by atoms with Crippen LogP contribution in [0.1, 0.15) is 128 Å². The summed E-state index contributed by atoms with van der Waals surface area (Å²) in [5, 5.41) is 17.1. The second-order valence-electron chi connectivity index (χ2n) is 23.1. The van der Waals surface area contributed by atoms with Gasteiger partial charge in [-0.25, -0.2) is 14.4 Å². The first kappa shape index (κ1) is 51.8. The van der Waals surface area contributed by atoms with Crippen LogP contribution in [0.15, 0.2) is 64.7 Å². The van der Waals surface area contributed by atoms with Crippen LogP contribution in [0.25, 0.3) is 16.5 Å². The van der Waals surface area contributed by atoms with Gasteiger partial charge in [-0.2, -0.15) is 4.90 Å². The number of aliphatic hydroxyl groups is 1. The minimum Gasteiger partial charge on any atom is -0.507 e. The molecule has 1 saturated carbocycles. The lowest BCUT2D eigenvalue weighted by Crippen LogP contribution is -2.68. The van der Waals surface area contributed by atoms with Gasteiger partial charge in [-0.1, -0.05) is 63.2 Å². The SMILES string of the molecule is CN(C)[C@@H]1c2onc(OCc3ccccc3)c2C(=O)[C@@]2(O[Si](C)(C)C(C)(C)C)C(=O)C3=C(O)c4c(cc5c(N(C(=O)OC(C)(C)C)C(=O)OC(C)(C)C)cccc5c4OC(=O)OC(C)(C)C)C[C@H]3C[C@@H]12. The summed E-state index contributed by atoms with van der Waals surface area (Å²) < 4.78 is 42.8. The Labute approximate surface area is 410 Å². The Hall–Kier alpha value is -6.04. The highest BCUT2D eigenvalue weighted by atomic mass is 28.4. The standard InChI is InChI=1S/C53H67N3O13Si/c1-49(2,3)65-46(60)56(47(61)66-50(4,5)6)35-24-20-23-32-33(35)26-30-25-31-27-34-39(55(13)14)42-38(45(54-68-42)63-28-29-21-18-17-19-22-29)44(59)53(34,69-70(15,16)52(10,11)12)43(58)37(31)40(57)36(30)41(32)64-48(62)67-51(7,8)9/h17-24,26,31,34,39,57H,25,27-28H2,1-16H3/t31-,34-,39-,53-/m0/s1. The van der Waals surface area contributed by atoms with Crippen LogP contribution in [-0.4, -0.2) is 89.9 Å². The minimum absolute atomic E-state index is 0.0120. The first-order chi connectivity index (χ1) is 32.3. The first-order valence-electron chi connectivity index (χ1n) is 23.6. The molecular weight excluding hydrogens is 915 g/mol. The molecular formula is C53H67N3O13Si. The van der Waals surface area contributed by atoms with Crippen LogP contribution in [0.3, 0.4) is 0 Å². The van der Waals surface area contributed by atoms with E-state index < -0.39 is 89.3 Å². The van der Waals surface area contributed by atoms with E-state index in [1.54, 1.807) is 74.4 Å². The number of aromatic nitrogens is 1. The van der Waals surface area contributed by atoms with Crippen LogP contribution in [0.5, 0.6) is 11.6 Å². The molecule has 4 aromatic rings. The highest BCUT2D eigenvalue weighted by molar-refractivity contribution is 6.74. The van der Waals surface area contributed by atoms with Crippen LogP contribution in [0.2, 0.25) is 18.1 Å². The second-order valence-corrected chi connectivity index (χ2v) is 27.9. The van der Waals surface area contributed by atoms with Crippen LogP contribution >= 0.6 is 0 Å². The molecule has 16 nitrogen and oxygen atoms in total. The molecule has 0 aliphatic heterocycles. The van der Waals surface area contributed by atoms with E-state index in [9.17, 15) is 19.5 Å². The second kappa shape index (κ2) is 18.0. The third-order valence-corrected chi connectivity index (χ3v) is 17.5. The number of carbonyl (C=O) groups is 5. The Morgan fingerprint density at radius 1 is 0.800 bits per heavy atom. The number of anilines is 1. The molecule has 0 bridgehead atoms. The van der Waals surface area contributed by atoms with Crippen molar-refractivity contribution in [2.75, 3.05) is 19.0 Å². The summed E-state index contributed by atoms with van der Waals surface area (Å²) in [5.41, 5.74) is -4.11. The van der Waals surface area contributed by atoms with Crippen molar-refractivity contribution < 1.29 is 61.7 Å². The van der Waals surface area contributed by atoms with Gasteiger partial charge in [-0.3, -0.25) is 14.5 Å². The van der Waals surface area contributed by atoms with Crippen molar-refractivity contribution >= 4 is 60.4 Å². The molecule has 1 N–H and O–H groups in total. The Bertz CT molecular complexity index is 2760. The van der Waals surface area contributed by atoms with Crippen molar-refractivity contribution in [1.82, 2.24) is 10.1 Å². The Morgan fingerprint density at radius 2 is 1.40 bits per heavy atom. The lowest BCUT2D eigenvalue weighted by Gasteiger charge is -2.55. The molecule has 70 heavy (non-hydrogen) atoms. The van der Waals surface area contributed by atoms with Gasteiger partial charge >= 0.3 is 18.3 Å². The van der Waals surface area contributed by atoms with Gasteiger partial charge in [0.05, 0.1) is 17.3 Å². The highest BCUT2D eigenvalue weighted by Gasteiger charge is 2.69. The molecule has 3 aliphatic rings. The molecule has 1 fully saturated rings. The van der Waals surface area contributed by atoms with Gasteiger partial charge in [0.15, 0.2) is 25.4 Å². The summed E-state index contributed by atoms with van der Waals surface area (Å²) in [4.78, 5) is 76.6. The summed E-state index contributed by atoms with van der Waals surface area (Å²) in [6.45, 7) is 25.0. The largest absolute Gasteiger partial charge is 0.514 e. The molecule has 0 unspecified atom stereocenters. The van der Waals surface area contributed by atoms with Crippen molar-refractivity contribution in [3.63, 3.8) is 0 Å². The van der Waals surface area contributed by atoms with E-state index in [0.717, 1.165) is 10.5 Å². The molecule has 4 atom stereocenters. The number of imide groups is 1. The van der Waals surface area contributed by atoms with Crippen molar-refractivity contribution in [3.05, 3.63) is 88.2 Å². The minimum atomic E-state index is -3.08. The normalized spacial score (nSPS) is 20.6. The molecule has 3 aromatic carbocycles. The number of nitrogens with zero attached hydrogens (tertiary/aromatic N) is 3. The number of Topliss-reactive ketones (excluding diaryl/α,β-unsaturated/α-hetero) is 2. The number of aliphatic hydroxyl groups excluding tert-OH is 1. The van der Waals surface area contributed by atoms with E-state index in [-0.39, 0.29) is 70.0 Å². The summed E-state index contributed by atoms with van der Waals surface area (Å²) in [6, 6.07) is 15.0. The third-order valence-electron chi connectivity index (χ3n) is 13.1. The number of ether oxygens (including phenoxy) is 5. The molecule has 376 valence electrons. The maximum Gasteiger partial charge on any atom is 0.514 e. The van der Waals surface area contributed by atoms with Crippen molar-refractivity contribution in [2.24, 2.45) is 11.8 Å². The maximum absolute atomic E-state index is 16.2. The maximum atomic E-state index is 16.2. The highest BCUT2D eigenvalue weighted by Crippen LogP contribution is 2.59. The summed E-state index contributed by atoms with van der Waals surface area (Å²) >= 11 is 0. The van der Waals surface area contributed by atoms with E-state index >= 15 is 9.59 Å². The summed E-state index contributed by atoms with van der Waals surface area (Å²) in [7, 11) is 0.575. The van der Waals surface area contributed by atoms with E-state index in [4.69, 9.17) is 32.6 Å². The van der Waals surface area contributed by atoms with Gasteiger partial charge in [0.25, 0.3) is 5.88 Å². The zero-order valence-electron chi connectivity index (χ0n) is 43.2. The molecule has 0 radical (unpaired) electrons. The molecule has 1 heterocycles. The number of hydrogen-bond donors (Lipinski definition) is 1. The molecule has 1 aromatic heterocycles. The number of fused-ring (bicyclic) bond motifs is 5. The Morgan fingerprint density at radius 3 is 1.96 bits per heavy atom. The van der Waals surface area contributed by atoms with Crippen molar-refractivity contribution in [2.45, 2.75) is 149 Å². The number of benzene rings is 3. The van der Waals surface area contributed by atoms with E-state index in [1.165, 1.54) is 12.1 Å². The molecule has 0 saturated heterocycles. The van der Waals surface area contributed by atoms with Gasteiger partial charge in [-0.05, 0) is 142 Å². The predicted octanol–water partition coefficient (Wildman–Crippen LogP) is 11.7. The molecule has 0 spiro atoms. The molecule has 3 aliphatic carbocycles. The number of ketones is 2. The van der Waals surface area contributed by atoms with Crippen molar-refractivity contribution in [3.8, 4) is 11.6 Å². The monoisotopic (exact) mass is 981 g/mol. The zero-order chi connectivity index (χ0) is 51.8. The topological polar surface area (TPSA) is 193 Å². The number of amides is 2. The first-order valence-corrected chi connectivity index (χ1v) is 26.5. The number of carbonyl (C=O) groups excluding carboxylic acids is 5. The van der Waals surface area contributed by atoms with Crippen LogP contribution in [-0.2, 0) is 36.5 Å². The average Bonchev–Trinajstić information content (AvgIpc) is 3.62. The van der Waals surface area contributed by atoms with Gasteiger partial charge in [0.1, 0.15) is 34.7 Å². The fourth-order valence-corrected chi connectivity index (χ4v) is 10.7. The number of hydrogen-bond acceptors (Lipinski definition) is 15. The zero-order valence-corrected chi connectivity index (χ0v) is 44.2. The van der Waals surface area contributed by atoms with Crippen LogP contribution in [0, 0.1) is 11.8 Å². The average molecular weight is 982 g/mol. The van der Waals surface area contributed by atoms with E-state index in [2.05, 4.69) is 5.16 Å².